The molecule has 0 aliphatic rings. The summed E-state index contributed by atoms with van der Waals surface area (Å²) in [5, 5.41) is 13.0. The maximum atomic E-state index is 3.93. The van der Waals surface area contributed by atoms with Gasteiger partial charge in [0.25, 0.3) is 0 Å². The van der Waals surface area contributed by atoms with E-state index in [0.717, 1.165) is 0 Å². The fourth-order valence-corrected chi connectivity index (χ4v) is 9.24. The quantitative estimate of drug-likeness (QED) is 0.200. The van der Waals surface area contributed by atoms with E-state index in [2.05, 4.69) is 161 Å². The van der Waals surface area contributed by atoms with Crippen LogP contribution in [0.3, 0.4) is 0 Å². The lowest BCUT2D eigenvalue weighted by Gasteiger charge is -2.09. The fraction of sp³-hybridized carbons (Fsp3) is 0. The summed E-state index contributed by atoms with van der Waals surface area (Å²) in [5.74, 6) is 0. The molecule has 0 saturated heterocycles. The van der Waals surface area contributed by atoms with Crippen molar-refractivity contribution in [3.05, 3.63) is 152 Å². The molecule has 1 N–H and O–H groups in total. The van der Waals surface area contributed by atoms with Crippen LogP contribution in [0.25, 0.3) is 102 Å². The van der Waals surface area contributed by atoms with E-state index in [1.54, 1.807) is 0 Å². The highest BCUT2D eigenvalue weighted by atomic mass is 32.1. The Morgan fingerprint density at radius 1 is 0.426 bits per heavy atom. The average Bonchev–Trinajstić information content (AvgIpc) is 3.82. The Balaban J connectivity index is 1.20. The molecule has 3 heteroatoms. The molecule has 47 heavy (non-hydrogen) atoms. The molecule has 0 radical (unpaired) electrons. The predicted molar refractivity (Wildman–Crippen MR) is 203 cm³/mol. The van der Waals surface area contributed by atoms with E-state index in [9.17, 15) is 0 Å². The molecule has 11 aromatic rings. The molecule has 3 heterocycles. The van der Waals surface area contributed by atoms with Crippen LogP contribution in [0.4, 0.5) is 0 Å². The van der Waals surface area contributed by atoms with Gasteiger partial charge in [-0.3, -0.25) is 0 Å². The van der Waals surface area contributed by atoms with E-state index < -0.39 is 0 Å². The fourth-order valence-electron chi connectivity index (χ4n) is 8.03. The molecule has 218 valence electrons. The second-order valence-electron chi connectivity index (χ2n) is 12.6. The average molecular weight is 615 g/mol. The predicted octanol–water partition coefficient (Wildman–Crippen LogP) is 12.8. The minimum atomic E-state index is 1.18. The number of fused-ring (bicyclic) bond motifs is 15. The van der Waals surface area contributed by atoms with Gasteiger partial charge in [-0.25, -0.2) is 0 Å². The van der Waals surface area contributed by atoms with Gasteiger partial charge in [-0.2, -0.15) is 0 Å². The number of nitrogens with zero attached hydrogens (tertiary/aromatic N) is 1. The van der Waals surface area contributed by atoms with E-state index in [0.29, 0.717) is 0 Å². The Labute approximate surface area is 273 Å². The van der Waals surface area contributed by atoms with Crippen LogP contribution in [0, 0.1) is 0 Å². The topological polar surface area (TPSA) is 20.7 Å². The number of rotatable bonds is 2. The van der Waals surface area contributed by atoms with Crippen LogP contribution < -0.4 is 0 Å². The number of aromatic nitrogens is 2. The first-order valence-corrected chi connectivity index (χ1v) is 16.9. The van der Waals surface area contributed by atoms with Gasteiger partial charge in [-0.15, -0.1) is 11.3 Å². The molecule has 2 nitrogen and oxygen atoms in total. The van der Waals surface area contributed by atoms with Gasteiger partial charge in [-0.1, -0.05) is 115 Å². The Morgan fingerprint density at radius 3 is 1.96 bits per heavy atom. The van der Waals surface area contributed by atoms with Gasteiger partial charge in [0.15, 0.2) is 0 Å². The van der Waals surface area contributed by atoms with Crippen molar-refractivity contribution in [3.63, 3.8) is 0 Å². The summed E-state index contributed by atoms with van der Waals surface area (Å²) >= 11 is 1.90. The SMILES string of the molecule is c1ccc(-n2c3ccccc3c3ccc(-c4ccc5sc6c7[nH]c8c9ccccc9ccc8c7c7ccccc7c6c5c4)cc32)cc1. The van der Waals surface area contributed by atoms with Crippen LogP contribution >= 0.6 is 11.3 Å². The number of aromatic amines is 1. The zero-order chi connectivity index (χ0) is 30.6. The summed E-state index contributed by atoms with van der Waals surface area (Å²) < 4.78 is 5.03. The number of benzene rings is 8. The number of hydrogen-bond acceptors (Lipinski definition) is 1. The Hall–Kier alpha value is -5.90. The van der Waals surface area contributed by atoms with Crippen molar-refractivity contribution in [1.29, 1.82) is 0 Å². The van der Waals surface area contributed by atoms with Crippen molar-refractivity contribution in [1.82, 2.24) is 9.55 Å². The molecule has 8 aromatic carbocycles. The van der Waals surface area contributed by atoms with Crippen molar-refractivity contribution in [2.24, 2.45) is 0 Å². The summed E-state index contributed by atoms with van der Waals surface area (Å²) in [6.07, 6.45) is 0. The lowest BCUT2D eigenvalue weighted by molar-refractivity contribution is 1.18. The normalized spacial score (nSPS) is 12.3. The van der Waals surface area contributed by atoms with E-state index >= 15 is 0 Å². The molecule has 0 aliphatic heterocycles. The molecule has 0 saturated carbocycles. The molecule has 0 fully saturated rings. The van der Waals surface area contributed by atoms with Gasteiger partial charge in [0.1, 0.15) is 0 Å². The summed E-state index contributed by atoms with van der Waals surface area (Å²) in [7, 11) is 0. The summed E-state index contributed by atoms with van der Waals surface area (Å²) in [6, 6.07) is 55.6. The number of hydrogen-bond donors (Lipinski definition) is 1. The van der Waals surface area contributed by atoms with Crippen LogP contribution in [0.15, 0.2) is 152 Å². The first-order chi connectivity index (χ1) is 23.3. The maximum absolute atomic E-state index is 3.93. The molecule has 0 unspecified atom stereocenters. The van der Waals surface area contributed by atoms with Gasteiger partial charge in [0.2, 0.25) is 0 Å². The molecule has 0 aliphatic carbocycles. The highest BCUT2D eigenvalue weighted by Crippen LogP contribution is 2.47. The number of nitrogens with one attached hydrogen (secondary N) is 1. The van der Waals surface area contributed by atoms with Gasteiger partial charge < -0.3 is 9.55 Å². The third-order valence-electron chi connectivity index (χ3n) is 10.1. The van der Waals surface area contributed by atoms with Crippen molar-refractivity contribution in [2.75, 3.05) is 0 Å². The van der Waals surface area contributed by atoms with Gasteiger partial charge in [-0.05, 0) is 63.7 Å². The molecule has 11 rings (SSSR count). The van der Waals surface area contributed by atoms with Crippen LogP contribution in [0.2, 0.25) is 0 Å². The standard InChI is InChI=1S/C44H26N2S/c1-2-11-29(12-3-1)46-37-17-9-8-14-31(37)32-21-19-28(25-38(32)46)27-20-23-39-36(24-27)41-34-16-7-6-15-33(34)40-35-22-18-26-10-4-5-13-30(26)42(35)45-43(40)44(41)47-39/h1-25,45H. The van der Waals surface area contributed by atoms with Crippen molar-refractivity contribution >= 4 is 96.7 Å². The number of H-pyrrole nitrogens is 1. The van der Waals surface area contributed by atoms with E-state index in [4.69, 9.17) is 0 Å². The Morgan fingerprint density at radius 2 is 1.09 bits per heavy atom. The minimum Gasteiger partial charge on any atom is -0.353 e. The van der Waals surface area contributed by atoms with Crippen LogP contribution in [-0.4, -0.2) is 9.55 Å². The van der Waals surface area contributed by atoms with E-state index in [1.165, 1.54) is 102 Å². The first-order valence-electron chi connectivity index (χ1n) is 16.1. The van der Waals surface area contributed by atoms with Crippen molar-refractivity contribution in [2.45, 2.75) is 0 Å². The second kappa shape index (κ2) is 9.32. The lowest BCUT2D eigenvalue weighted by atomic mass is 9.96. The first kappa shape index (κ1) is 25.3. The maximum Gasteiger partial charge on any atom is 0.0653 e. The second-order valence-corrected chi connectivity index (χ2v) is 13.6. The minimum absolute atomic E-state index is 1.18. The van der Waals surface area contributed by atoms with Gasteiger partial charge >= 0.3 is 0 Å². The van der Waals surface area contributed by atoms with E-state index in [1.807, 2.05) is 11.3 Å². The highest BCUT2D eigenvalue weighted by molar-refractivity contribution is 7.27. The number of thiophene rings is 1. The molecule has 0 bridgehead atoms. The molecule has 0 spiro atoms. The lowest BCUT2D eigenvalue weighted by Crippen LogP contribution is -1.93. The van der Waals surface area contributed by atoms with Gasteiger partial charge in [0, 0.05) is 48.1 Å². The zero-order valence-corrected chi connectivity index (χ0v) is 26.1. The molecular weight excluding hydrogens is 589 g/mol. The number of para-hydroxylation sites is 2. The zero-order valence-electron chi connectivity index (χ0n) is 25.3. The Kier molecular flexibility index (Phi) is 5.02. The smallest absolute Gasteiger partial charge is 0.0653 e. The summed E-state index contributed by atoms with van der Waals surface area (Å²) in [6.45, 7) is 0. The van der Waals surface area contributed by atoms with Crippen molar-refractivity contribution in [3.8, 4) is 16.8 Å². The van der Waals surface area contributed by atoms with Crippen LogP contribution in [-0.2, 0) is 0 Å². The molecule has 3 aromatic heterocycles. The molecule has 0 atom stereocenters. The van der Waals surface area contributed by atoms with Gasteiger partial charge in [0.05, 0.1) is 26.8 Å². The third kappa shape index (κ3) is 3.44. The molecule has 0 amide bonds. The Bertz CT molecular complexity index is 3070. The third-order valence-corrected chi connectivity index (χ3v) is 11.3. The summed E-state index contributed by atoms with van der Waals surface area (Å²) in [5.41, 5.74) is 8.54. The van der Waals surface area contributed by atoms with Crippen molar-refractivity contribution < 1.29 is 0 Å². The van der Waals surface area contributed by atoms with E-state index in [-0.39, 0.29) is 0 Å². The monoisotopic (exact) mass is 614 g/mol. The summed E-state index contributed by atoms with van der Waals surface area (Å²) in [4.78, 5) is 3.93. The largest absolute Gasteiger partial charge is 0.353 e. The van der Waals surface area contributed by atoms with Crippen LogP contribution in [0.1, 0.15) is 0 Å². The van der Waals surface area contributed by atoms with Crippen LogP contribution in [0.5, 0.6) is 0 Å². The molecular formula is C44H26N2S. The highest BCUT2D eigenvalue weighted by Gasteiger charge is 2.19.